The number of hydrogen-bond acceptors (Lipinski definition) is 7. The minimum Gasteiger partial charge on any atom is -0.491 e. The van der Waals surface area contributed by atoms with E-state index < -0.39 is 0 Å². The third kappa shape index (κ3) is 5.68. The largest absolute Gasteiger partial charge is 0.491 e. The van der Waals surface area contributed by atoms with Gasteiger partial charge in [0, 0.05) is 55.5 Å². The Morgan fingerprint density at radius 1 is 1.03 bits per heavy atom. The molecular weight excluding hydrogens is 412 g/mol. The molecule has 4 rings (SSSR count). The second-order valence-corrected chi connectivity index (χ2v) is 7.93. The van der Waals surface area contributed by atoms with Crippen molar-refractivity contribution in [2.75, 3.05) is 49.5 Å². The molecule has 0 saturated carbocycles. The lowest BCUT2D eigenvalue weighted by Crippen LogP contribution is -2.28. The molecule has 1 N–H and O–H groups in total. The van der Waals surface area contributed by atoms with Crippen LogP contribution in [0.4, 0.5) is 17.3 Å². The van der Waals surface area contributed by atoms with Crippen LogP contribution in [0, 0.1) is 0 Å². The number of anilines is 3. The molecule has 1 aliphatic heterocycles. The molecule has 0 saturated heterocycles. The number of likely N-dealkylation sites (N-methyl/N-ethyl adjacent to an activating group) is 2. The van der Waals surface area contributed by atoms with Gasteiger partial charge in [-0.25, -0.2) is 9.97 Å². The van der Waals surface area contributed by atoms with Crippen molar-refractivity contribution in [3.63, 3.8) is 0 Å². The zero-order valence-electron chi connectivity index (χ0n) is 19.7. The number of nitrogens with one attached hydrogen (secondary N) is 1. The van der Waals surface area contributed by atoms with E-state index in [0.29, 0.717) is 6.61 Å². The van der Waals surface area contributed by atoms with Crippen molar-refractivity contribution in [3.8, 4) is 5.75 Å². The molecule has 0 spiro atoms. The van der Waals surface area contributed by atoms with Gasteiger partial charge in [-0.2, -0.15) is 0 Å². The Hall–Kier alpha value is -3.45. The van der Waals surface area contributed by atoms with Gasteiger partial charge in [0.05, 0.1) is 6.20 Å². The maximum atomic E-state index is 5.83. The fourth-order valence-electron chi connectivity index (χ4n) is 3.95. The third-order valence-electron chi connectivity index (χ3n) is 5.92. The Labute approximate surface area is 196 Å². The smallest absolute Gasteiger partial charge is 0.137 e. The molecule has 4 heterocycles. The predicted octanol–water partition coefficient (Wildman–Crippen LogP) is 4.72. The molecule has 3 aromatic rings. The van der Waals surface area contributed by atoms with Gasteiger partial charge in [-0.05, 0) is 55.4 Å². The number of aromatic nitrogens is 3. The van der Waals surface area contributed by atoms with E-state index in [0.717, 1.165) is 61.2 Å². The standard InChI is InChI=1S/C26H32N6O/c1-4-31(5-2)12-13-33-23-9-10-25(29-18-23)30-26-15-24-21(17-28-26)14-22(19-32(24)6-3)20-8-7-11-27-16-20/h7-11,14-18H,4-6,12-13,19H2,1-3H3,(H,28,29,30). The Morgan fingerprint density at radius 2 is 1.88 bits per heavy atom. The normalized spacial score (nSPS) is 13.0. The summed E-state index contributed by atoms with van der Waals surface area (Å²) in [6, 6.07) is 10.0. The Bertz CT molecular complexity index is 1060. The van der Waals surface area contributed by atoms with Gasteiger partial charge in [0.25, 0.3) is 0 Å². The minimum atomic E-state index is 0.657. The molecular formula is C26H32N6O. The summed E-state index contributed by atoms with van der Waals surface area (Å²) in [4.78, 5) is 18.1. The minimum absolute atomic E-state index is 0.657. The SMILES string of the molecule is CCN(CC)CCOc1ccc(Nc2cc3c(cn2)C=C(c2cccnc2)CN3CC)nc1. The van der Waals surface area contributed by atoms with Gasteiger partial charge < -0.3 is 19.9 Å². The fraction of sp³-hybridized carbons (Fsp3) is 0.346. The lowest BCUT2D eigenvalue weighted by molar-refractivity contribution is 0.222. The van der Waals surface area contributed by atoms with E-state index in [2.05, 4.69) is 69.0 Å². The first-order chi connectivity index (χ1) is 16.2. The van der Waals surface area contributed by atoms with Crippen molar-refractivity contribution < 1.29 is 4.74 Å². The van der Waals surface area contributed by atoms with E-state index in [4.69, 9.17) is 4.74 Å². The first-order valence-corrected chi connectivity index (χ1v) is 11.6. The van der Waals surface area contributed by atoms with Crippen LogP contribution in [0.25, 0.3) is 11.6 Å². The monoisotopic (exact) mass is 444 g/mol. The molecule has 172 valence electrons. The molecule has 0 amide bonds. The Morgan fingerprint density at radius 3 is 2.58 bits per heavy atom. The van der Waals surface area contributed by atoms with Crippen LogP contribution >= 0.6 is 0 Å². The van der Waals surface area contributed by atoms with E-state index >= 15 is 0 Å². The maximum absolute atomic E-state index is 5.83. The first-order valence-electron chi connectivity index (χ1n) is 11.6. The molecule has 0 bridgehead atoms. The van der Waals surface area contributed by atoms with Crippen molar-refractivity contribution in [2.45, 2.75) is 20.8 Å². The lowest BCUT2D eigenvalue weighted by atomic mass is 9.99. The van der Waals surface area contributed by atoms with Crippen LogP contribution in [0.5, 0.6) is 5.75 Å². The number of pyridine rings is 3. The van der Waals surface area contributed by atoms with E-state index in [1.807, 2.05) is 30.6 Å². The van der Waals surface area contributed by atoms with Gasteiger partial charge in [0.1, 0.15) is 24.0 Å². The summed E-state index contributed by atoms with van der Waals surface area (Å²) in [5.74, 6) is 2.29. The van der Waals surface area contributed by atoms with Gasteiger partial charge in [0.15, 0.2) is 0 Å². The van der Waals surface area contributed by atoms with Crippen LogP contribution in [0.15, 0.2) is 55.1 Å². The molecule has 33 heavy (non-hydrogen) atoms. The number of ether oxygens (including phenoxy) is 1. The number of rotatable bonds is 10. The van der Waals surface area contributed by atoms with E-state index in [1.54, 1.807) is 12.4 Å². The first kappa shape index (κ1) is 22.7. The number of nitrogens with zero attached hydrogens (tertiary/aromatic N) is 5. The maximum Gasteiger partial charge on any atom is 0.137 e. The van der Waals surface area contributed by atoms with Crippen molar-refractivity contribution >= 4 is 29.0 Å². The molecule has 0 aromatic carbocycles. The average Bonchev–Trinajstić information content (AvgIpc) is 2.87. The van der Waals surface area contributed by atoms with Gasteiger partial charge in [0.2, 0.25) is 0 Å². The highest BCUT2D eigenvalue weighted by Gasteiger charge is 2.19. The Kier molecular flexibility index (Phi) is 7.52. The van der Waals surface area contributed by atoms with Crippen LogP contribution in [0.2, 0.25) is 0 Å². The van der Waals surface area contributed by atoms with Gasteiger partial charge in [-0.15, -0.1) is 0 Å². The van der Waals surface area contributed by atoms with Crippen molar-refractivity contribution in [3.05, 3.63) is 66.2 Å². The molecule has 7 heteroatoms. The summed E-state index contributed by atoms with van der Waals surface area (Å²) in [5, 5.41) is 3.32. The van der Waals surface area contributed by atoms with Gasteiger partial charge >= 0.3 is 0 Å². The van der Waals surface area contributed by atoms with Gasteiger partial charge in [-0.1, -0.05) is 19.9 Å². The second kappa shape index (κ2) is 10.9. The number of hydrogen-bond donors (Lipinski definition) is 1. The summed E-state index contributed by atoms with van der Waals surface area (Å²) in [5.41, 5.74) is 4.67. The molecule has 0 aliphatic carbocycles. The number of fused-ring (bicyclic) bond motifs is 1. The van der Waals surface area contributed by atoms with E-state index in [1.165, 1.54) is 11.3 Å². The van der Waals surface area contributed by atoms with Crippen molar-refractivity contribution in [1.82, 2.24) is 19.9 Å². The highest BCUT2D eigenvalue weighted by atomic mass is 16.5. The zero-order valence-corrected chi connectivity index (χ0v) is 19.7. The third-order valence-corrected chi connectivity index (χ3v) is 5.92. The quantitative estimate of drug-likeness (QED) is 0.485. The van der Waals surface area contributed by atoms with Crippen molar-refractivity contribution in [2.24, 2.45) is 0 Å². The molecule has 0 atom stereocenters. The predicted molar refractivity (Wildman–Crippen MR) is 135 cm³/mol. The van der Waals surface area contributed by atoms with Crippen LogP contribution in [-0.2, 0) is 0 Å². The highest BCUT2D eigenvalue weighted by Crippen LogP contribution is 2.33. The van der Waals surface area contributed by atoms with Gasteiger partial charge in [-0.3, -0.25) is 4.98 Å². The average molecular weight is 445 g/mol. The summed E-state index contributed by atoms with van der Waals surface area (Å²) >= 11 is 0. The summed E-state index contributed by atoms with van der Waals surface area (Å²) in [6.45, 7) is 11.9. The summed E-state index contributed by atoms with van der Waals surface area (Å²) < 4.78 is 5.83. The second-order valence-electron chi connectivity index (χ2n) is 7.93. The van der Waals surface area contributed by atoms with E-state index in [9.17, 15) is 0 Å². The van der Waals surface area contributed by atoms with Crippen LogP contribution in [0.3, 0.4) is 0 Å². The molecule has 3 aromatic heterocycles. The Balaban J connectivity index is 1.43. The molecule has 0 fully saturated rings. The molecule has 1 aliphatic rings. The van der Waals surface area contributed by atoms with Crippen LogP contribution in [0.1, 0.15) is 31.9 Å². The van der Waals surface area contributed by atoms with E-state index in [-0.39, 0.29) is 0 Å². The zero-order chi connectivity index (χ0) is 23.0. The summed E-state index contributed by atoms with van der Waals surface area (Å²) in [7, 11) is 0. The molecule has 0 radical (unpaired) electrons. The van der Waals surface area contributed by atoms with Crippen molar-refractivity contribution in [1.29, 1.82) is 0 Å². The molecule has 7 nitrogen and oxygen atoms in total. The van der Waals surface area contributed by atoms with Crippen LogP contribution < -0.4 is 15.0 Å². The molecule has 0 unspecified atom stereocenters. The van der Waals surface area contributed by atoms with Crippen LogP contribution in [-0.4, -0.2) is 59.2 Å². The topological polar surface area (TPSA) is 66.4 Å². The fourth-order valence-corrected chi connectivity index (χ4v) is 3.95. The summed E-state index contributed by atoms with van der Waals surface area (Å²) in [6.07, 6.45) is 9.59. The lowest BCUT2D eigenvalue weighted by Gasteiger charge is -2.30. The highest BCUT2D eigenvalue weighted by molar-refractivity contribution is 5.91.